The molecule has 0 radical (unpaired) electrons. The van der Waals surface area contributed by atoms with E-state index in [1.165, 1.54) is 18.0 Å². The summed E-state index contributed by atoms with van der Waals surface area (Å²) in [6.07, 6.45) is 1.68. The van der Waals surface area contributed by atoms with E-state index in [0.717, 1.165) is 11.1 Å². The van der Waals surface area contributed by atoms with E-state index in [0.29, 0.717) is 21.9 Å². The van der Waals surface area contributed by atoms with Crippen molar-refractivity contribution in [1.82, 2.24) is 5.32 Å². The molecule has 1 atom stereocenters. The average Bonchev–Trinajstić information content (AvgIpc) is 3.13. The summed E-state index contributed by atoms with van der Waals surface area (Å²) in [5.41, 5.74) is 3.11. The molecule has 0 saturated heterocycles. The number of benzene rings is 1. The summed E-state index contributed by atoms with van der Waals surface area (Å²) >= 11 is 1.18. The van der Waals surface area contributed by atoms with Crippen molar-refractivity contribution in [2.24, 2.45) is 0 Å². The lowest BCUT2D eigenvalue weighted by molar-refractivity contribution is -0.120. The number of hydrogen-bond acceptors (Lipinski definition) is 5. The molecule has 0 spiro atoms. The molecule has 0 unspecified atom stereocenters. The number of carbonyl (C=O) groups is 2. The third-order valence-electron chi connectivity index (χ3n) is 4.27. The van der Waals surface area contributed by atoms with Crippen molar-refractivity contribution in [3.8, 4) is 6.07 Å². The first-order valence-electron chi connectivity index (χ1n) is 8.20. The van der Waals surface area contributed by atoms with Crippen LogP contribution in [0.4, 0.5) is 0 Å². The largest absolute Gasteiger partial charge is 0.469 e. The fourth-order valence-corrected chi connectivity index (χ4v) is 3.97. The van der Waals surface area contributed by atoms with Crippen molar-refractivity contribution >= 4 is 23.5 Å². The molecule has 1 aromatic carbocycles. The predicted octanol–water partition coefficient (Wildman–Crippen LogP) is 3.85. The molecule has 0 saturated carbocycles. The van der Waals surface area contributed by atoms with Gasteiger partial charge >= 0.3 is 0 Å². The monoisotopic (exact) mass is 366 g/mol. The van der Waals surface area contributed by atoms with Crippen LogP contribution in [0.2, 0.25) is 0 Å². The number of thioether (sulfide) groups is 1. The van der Waals surface area contributed by atoms with E-state index < -0.39 is 5.92 Å². The van der Waals surface area contributed by atoms with Gasteiger partial charge in [0.25, 0.3) is 0 Å². The van der Waals surface area contributed by atoms with Crippen LogP contribution >= 0.6 is 11.8 Å². The Bertz CT molecular complexity index is 923. The molecule has 0 aliphatic carbocycles. The van der Waals surface area contributed by atoms with E-state index in [1.54, 1.807) is 12.1 Å². The van der Waals surface area contributed by atoms with Crippen LogP contribution in [0.3, 0.4) is 0 Å². The number of ketones is 1. The van der Waals surface area contributed by atoms with Gasteiger partial charge in [-0.05, 0) is 31.5 Å². The number of hydrogen-bond donors (Lipinski definition) is 1. The van der Waals surface area contributed by atoms with E-state index in [1.807, 2.05) is 32.0 Å². The number of rotatable bonds is 5. The van der Waals surface area contributed by atoms with Crippen molar-refractivity contribution in [1.29, 1.82) is 5.26 Å². The molecule has 1 N–H and O–H groups in total. The second-order valence-corrected chi connectivity index (χ2v) is 7.19. The zero-order valence-corrected chi connectivity index (χ0v) is 15.4. The molecule has 0 fully saturated rings. The van der Waals surface area contributed by atoms with Crippen LogP contribution in [0.5, 0.6) is 0 Å². The highest BCUT2D eigenvalue weighted by Crippen LogP contribution is 2.36. The summed E-state index contributed by atoms with van der Waals surface area (Å²) < 4.78 is 5.38. The highest BCUT2D eigenvalue weighted by molar-refractivity contribution is 8.03. The van der Waals surface area contributed by atoms with Crippen LogP contribution in [-0.2, 0) is 4.79 Å². The molecule has 5 nitrogen and oxygen atoms in total. The molecule has 1 aliphatic heterocycles. The van der Waals surface area contributed by atoms with Crippen LogP contribution in [0.15, 0.2) is 51.6 Å². The molecule has 132 valence electrons. The normalized spacial score (nSPS) is 17.0. The lowest BCUT2D eigenvalue weighted by atomic mass is 9.92. The second-order valence-electron chi connectivity index (χ2n) is 6.21. The lowest BCUT2D eigenvalue weighted by Gasteiger charge is -2.23. The smallest absolute Gasteiger partial charge is 0.225 e. The zero-order chi connectivity index (χ0) is 18.7. The molecule has 0 bridgehead atoms. The van der Waals surface area contributed by atoms with Gasteiger partial charge in [-0.2, -0.15) is 5.26 Å². The third kappa shape index (κ3) is 3.73. The number of nitriles is 1. The van der Waals surface area contributed by atoms with Gasteiger partial charge in [0.2, 0.25) is 5.91 Å². The topological polar surface area (TPSA) is 83.1 Å². The van der Waals surface area contributed by atoms with E-state index >= 15 is 0 Å². The number of Topliss-reactive ketones (excluding diaryl/α,β-unsaturated/α-hetero) is 1. The summed E-state index contributed by atoms with van der Waals surface area (Å²) in [5.74, 6) is 0.0893. The first-order valence-corrected chi connectivity index (χ1v) is 9.19. The summed E-state index contributed by atoms with van der Waals surface area (Å²) in [6, 6.07) is 11.3. The quantitative estimate of drug-likeness (QED) is 0.813. The Morgan fingerprint density at radius 3 is 2.85 bits per heavy atom. The lowest BCUT2D eigenvalue weighted by Crippen LogP contribution is -2.31. The van der Waals surface area contributed by atoms with E-state index in [-0.39, 0.29) is 23.9 Å². The van der Waals surface area contributed by atoms with Crippen molar-refractivity contribution in [3.05, 3.63) is 69.6 Å². The van der Waals surface area contributed by atoms with Crippen molar-refractivity contribution in [2.75, 3.05) is 5.75 Å². The molecule has 1 aromatic heterocycles. The Morgan fingerprint density at radius 2 is 2.19 bits per heavy atom. The number of nitrogens with one attached hydrogen (secondary N) is 1. The van der Waals surface area contributed by atoms with Crippen molar-refractivity contribution in [3.63, 3.8) is 0 Å². The van der Waals surface area contributed by atoms with E-state index in [9.17, 15) is 14.9 Å². The standard InChI is InChI=1S/C20H18N2O3S/c1-12-5-6-14(13(2)8-12)17(23)11-26-20-16(10-21)15(9-19(24)22-20)18-4-3-7-25-18/h3-8,15H,9,11H2,1-2H3,(H,22,24)/t15-/m1/s1. The molecular weight excluding hydrogens is 348 g/mol. The van der Waals surface area contributed by atoms with Crippen LogP contribution in [0, 0.1) is 25.2 Å². The highest BCUT2D eigenvalue weighted by atomic mass is 32.2. The van der Waals surface area contributed by atoms with Gasteiger partial charge in [0, 0.05) is 12.0 Å². The minimum atomic E-state index is -0.414. The van der Waals surface area contributed by atoms with Crippen LogP contribution in [-0.4, -0.2) is 17.4 Å². The molecular formula is C20H18N2O3S. The molecule has 1 amide bonds. The molecule has 26 heavy (non-hydrogen) atoms. The fraction of sp³-hybridized carbons (Fsp3) is 0.250. The Balaban J connectivity index is 1.81. The van der Waals surface area contributed by atoms with Gasteiger partial charge in [0.1, 0.15) is 5.76 Å². The Kier molecular flexibility index (Phi) is 5.29. The zero-order valence-electron chi connectivity index (χ0n) is 14.5. The minimum absolute atomic E-state index is 0.0355. The maximum Gasteiger partial charge on any atom is 0.225 e. The summed E-state index contributed by atoms with van der Waals surface area (Å²) in [4.78, 5) is 24.6. The van der Waals surface area contributed by atoms with Gasteiger partial charge in [0.05, 0.1) is 34.6 Å². The van der Waals surface area contributed by atoms with Gasteiger partial charge in [-0.15, -0.1) is 0 Å². The first kappa shape index (κ1) is 18.0. The summed E-state index contributed by atoms with van der Waals surface area (Å²) in [7, 11) is 0. The Morgan fingerprint density at radius 1 is 1.38 bits per heavy atom. The maximum absolute atomic E-state index is 12.5. The summed E-state index contributed by atoms with van der Waals surface area (Å²) in [5, 5.41) is 12.7. The van der Waals surface area contributed by atoms with Crippen LogP contribution in [0.25, 0.3) is 0 Å². The first-order chi connectivity index (χ1) is 12.5. The molecule has 3 rings (SSSR count). The number of furan rings is 1. The number of nitrogens with zero attached hydrogens (tertiary/aromatic N) is 1. The summed E-state index contributed by atoms with van der Waals surface area (Å²) in [6.45, 7) is 3.88. The highest BCUT2D eigenvalue weighted by Gasteiger charge is 2.31. The number of allylic oxidation sites excluding steroid dienone is 1. The predicted molar refractivity (Wildman–Crippen MR) is 99.6 cm³/mol. The van der Waals surface area contributed by atoms with Gasteiger partial charge in [-0.3, -0.25) is 9.59 Å². The molecule has 2 aromatic rings. The maximum atomic E-state index is 12.5. The van der Waals surface area contributed by atoms with Gasteiger partial charge < -0.3 is 9.73 Å². The van der Waals surface area contributed by atoms with Crippen molar-refractivity contribution < 1.29 is 14.0 Å². The third-order valence-corrected chi connectivity index (χ3v) is 5.29. The van der Waals surface area contributed by atoms with E-state index in [2.05, 4.69) is 11.4 Å². The van der Waals surface area contributed by atoms with E-state index in [4.69, 9.17) is 4.42 Å². The van der Waals surface area contributed by atoms with Crippen LogP contribution < -0.4 is 5.32 Å². The molecule has 6 heteroatoms. The minimum Gasteiger partial charge on any atom is -0.469 e. The molecule has 2 heterocycles. The van der Waals surface area contributed by atoms with Crippen LogP contribution in [0.1, 0.15) is 39.6 Å². The fourth-order valence-electron chi connectivity index (χ4n) is 3.01. The Hall–Kier alpha value is -2.78. The number of aryl methyl sites for hydroxylation is 2. The molecule has 1 aliphatic rings. The average molecular weight is 366 g/mol. The van der Waals surface area contributed by atoms with Crippen molar-refractivity contribution in [2.45, 2.75) is 26.2 Å². The van der Waals surface area contributed by atoms with Gasteiger partial charge in [-0.1, -0.05) is 35.5 Å². The number of amides is 1. The van der Waals surface area contributed by atoms with Gasteiger partial charge in [0.15, 0.2) is 5.78 Å². The second kappa shape index (κ2) is 7.63. The Labute approximate surface area is 156 Å². The SMILES string of the molecule is Cc1ccc(C(=O)CSC2=C(C#N)[C@H](c3ccco3)CC(=O)N2)c(C)c1. The van der Waals surface area contributed by atoms with Gasteiger partial charge in [-0.25, -0.2) is 0 Å². The number of carbonyl (C=O) groups excluding carboxylic acids is 2.